The first-order valence-electron chi connectivity index (χ1n) is 4.90. The SMILES string of the molecule is NNC(=O)c1cc(Cn2ccc(C(N)=O)n2)on1. The van der Waals surface area contributed by atoms with Crippen LogP contribution in [0.5, 0.6) is 0 Å². The zero-order valence-electron chi connectivity index (χ0n) is 9.16. The fraction of sp³-hybridized carbons (Fsp3) is 0.111. The van der Waals surface area contributed by atoms with Gasteiger partial charge in [-0.1, -0.05) is 5.16 Å². The van der Waals surface area contributed by atoms with Crippen LogP contribution in [0.3, 0.4) is 0 Å². The smallest absolute Gasteiger partial charge is 0.287 e. The number of primary amides is 1. The maximum atomic E-state index is 11.1. The number of amides is 2. The normalized spacial score (nSPS) is 10.3. The van der Waals surface area contributed by atoms with Gasteiger partial charge in [0.1, 0.15) is 12.2 Å². The molecule has 5 N–H and O–H groups in total. The van der Waals surface area contributed by atoms with Crippen molar-refractivity contribution in [1.82, 2.24) is 20.4 Å². The monoisotopic (exact) mass is 250 g/mol. The van der Waals surface area contributed by atoms with Crippen LogP contribution in [0, 0.1) is 0 Å². The maximum Gasteiger partial charge on any atom is 0.287 e. The molecule has 9 nitrogen and oxygen atoms in total. The Bertz CT molecular complexity index is 587. The first-order chi connectivity index (χ1) is 8.60. The van der Waals surface area contributed by atoms with Gasteiger partial charge >= 0.3 is 0 Å². The van der Waals surface area contributed by atoms with E-state index in [2.05, 4.69) is 10.3 Å². The molecule has 0 aliphatic heterocycles. The number of carbonyl (C=O) groups is 2. The van der Waals surface area contributed by atoms with Crippen LogP contribution in [0.4, 0.5) is 0 Å². The molecule has 94 valence electrons. The summed E-state index contributed by atoms with van der Waals surface area (Å²) in [5.41, 5.74) is 7.21. The van der Waals surface area contributed by atoms with E-state index in [9.17, 15) is 9.59 Å². The molecule has 0 saturated heterocycles. The summed E-state index contributed by atoms with van der Waals surface area (Å²) < 4.78 is 6.35. The summed E-state index contributed by atoms with van der Waals surface area (Å²) in [6.45, 7) is 0.220. The van der Waals surface area contributed by atoms with E-state index >= 15 is 0 Å². The Hall–Kier alpha value is -2.68. The molecular weight excluding hydrogens is 240 g/mol. The minimum Gasteiger partial charge on any atom is -0.364 e. The molecule has 0 aromatic carbocycles. The van der Waals surface area contributed by atoms with Gasteiger partial charge in [-0.2, -0.15) is 5.10 Å². The zero-order valence-corrected chi connectivity index (χ0v) is 9.16. The van der Waals surface area contributed by atoms with Crippen LogP contribution in [0.25, 0.3) is 0 Å². The van der Waals surface area contributed by atoms with Crippen molar-refractivity contribution in [3.8, 4) is 0 Å². The van der Waals surface area contributed by atoms with Crippen LogP contribution in [-0.2, 0) is 6.54 Å². The highest BCUT2D eigenvalue weighted by Gasteiger charge is 2.12. The van der Waals surface area contributed by atoms with Gasteiger partial charge in [-0.3, -0.25) is 19.7 Å². The van der Waals surface area contributed by atoms with Gasteiger partial charge in [-0.25, -0.2) is 5.84 Å². The van der Waals surface area contributed by atoms with Crippen molar-refractivity contribution in [1.29, 1.82) is 0 Å². The largest absolute Gasteiger partial charge is 0.364 e. The van der Waals surface area contributed by atoms with Gasteiger partial charge in [0.05, 0.1) is 0 Å². The van der Waals surface area contributed by atoms with Crippen molar-refractivity contribution in [3.63, 3.8) is 0 Å². The Morgan fingerprint density at radius 1 is 1.44 bits per heavy atom. The lowest BCUT2D eigenvalue weighted by Gasteiger charge is -1.95. The van der Waals surface area contributed by atoms with Crippen LogP contribution in [0.15, 0.2) is 22.9 Å². The fourth-order valence-electron chi connectivity index (χ4n) is 1.31. The molecule has 0 unspecified atom stereocenters. The Kier molecular flexibility index (Phi) is 3.06. The highest BCUT2D eigenvalue weighted by molar-refractivity contribution is 5.91. The van der Waals surface area contributed by atoms with Crippen molar-refractivity contribution >= 4 is 11.8 Å². The predicted octanol–water partition coefficient (Wildman–Crippen LogP) is -1.38. The van der Waals surface area contributed by atoms with Gasteiger partial charge in [0.25, 0.3) is 11.8 Å². The minimum absolute atomic E-state index is 0.0646. The van der Waals surface area contributed by atoms with Crippen LogP contribution >= 0.6 is 0 Å². The highest BCUT2D eigenvalue weighted by Crippen LogP contribution is 2.06. The van der Waals surface area contributed by atoms with E-state index in [1.807, 2.05) is 5.43 Å². The van der Waals surface area contributed by atoms with Crippen molar-refractivity contribution < 1.29 is 14.1 Å². The standard InChI is InChI=1S/C9H10N6O3/c10-8(16)6-1-2-15(13-6)4-5-3-7(14-18-5)9(17)12-11/h1-3H,4,11H2,(H2,10,16)(H,12,17). The summed E-state index contributed by atoms with van der Waals surface area (Å²) in [4.78, 5) is 22.0. The second kappa shape index (κ2) is 4.67. The number of hydrogen-bond donors (Lipinski definition) is 3. The van der Waals surface area contributed by atoms with Crippen molar-refractivity contribution in [3.05, 3.63) is 35.5 Å². The minimum atomic E-state index is -0.616. The van der Waals surface area contributed by atoms with Gasteiger partial charge < -0.3 is 10.3 Å². The van der Waals surface area contributed by atoms with Crippen molar-refractivity contribution in [2.75, 3.05) is 0 Å². The van der Waals surface area contributed by atoms with Crippen LogP contribution in [0.2, 0.25) is 0 Å². The first-order valence-corrected chi connectivity index (χ1v) is 4.90. The summed E-state index contributed by atoms with van der Waals surface area (Å²) in [5, 5.41) is 7.43. The Morgan fingerprint density at radius 3 is 2.83 bits per heavy atom. The van der Waals surface area contributed by atoms with Crippen LogP contribution < -0.4 is 17.0 Å². The summed E-state index contributed by atoms with van der Waals surface area (Å²) in [6.07, 6.45) is 1.56. The predicted molar refractivity (Wildman–Crippen MR) is 58.0 cm³/mol. The molecule has 0 bridgehead atoms. The Morgan fingerprint density at radius 2 is 2.22 bits per heavy atom. The molecule has 9 heteroatoms. The number of carbonyl (C=O) groups excluding carboxylic acids is 2. The second-order valence-corrected chi connectivity index (χ2v) is 3.41. The number of nitrogens with zero attached hydrogens (tertiary/aromatic N) is 3. The number of hydrazine groups is 1. The highest BCUT2D eigenvalue weighted by atomic mass is 16.5. The second-order valence-electron chi connectivity index (χ2n) is 3.41. The lowest BCUT2D eigenvalue weighted by atomic mass is 10.3. The van der Waals surface area contributed by atoms with Crippen molar-refractivity contribution in [2.24, 2.45) is 11.6 Å². The van der Waals surface area contributed by atoms with E-state index < -0.39 is 11.8 Å². The quantitative estimate of drug-likeness (QED) is 0.347. The molecule has 2 aromatic rings. The molecule has 0 aliphatic carbocycles. The van der Waals surface area contributed by atoms with E-state index in [1.165, 1.54) is 16.8 Å². The first kappa shape index (κ1) is 11.8. The topological polar surface area (TPSA) is 142 Å². The summed E-state index contributed by atoms with van der Waals surface area (Å²) in [7, 11) is 0. The third-order valence-electron chi connectivity index (χ3n) is 2.13. The molecule has 2 rings (SSSR count). The molecule has 0 saturated carbocycles. The molecule has 0 spiro atoms. The molecule has 0 fully saturated rings. The van der Waals surface area contributed by atoms with Gasteiger partial charge in [-0.05, 0) is 6.07 Å². The number of rotatable bonds is 4. The number of nitrogens with one attached hydrogen (secondary N) is 1. The third-order valence-corrected chi connectivity index (χ3v) is 2.13. The summed E-state index contributed by atoms with van der Waals surface area (Å²) in [6, 6.07) is 2.90. The van der Waals surface area contributed by atoms with E-state index in [1.54, 1.807) is 6.20 Å². The Balaban J connectivity index is 2.11. The maximum absolute atomic E-state index is 11.1. The summed E-state index contributed by atoms with van der Waals surface area (Å²) >= 11 is 0. The van der Waals surface area contributed by atoms with Crippen molar-refractivity contribution in [2.45, 2.75) is 6.54 Å². The van der Waals surface area contributed by atoms with Gasteiger partial charge in [0, 0.05) is 12.3 Å². The van der Waals surface area contributed by atoms with Crippen LogP contribution in [-0.4, -0.2) is 26.8 Å². The number of nitrogen functional groups attached to an aromatic ring is 1. The van der Waals surface area contributed by atoms with E-state index in [4.69, 9.17) is 16.1 Å². The number of nitrogens with two attached hydrogens (primary N) is 2. The molecule has 0 atom stereocenters. The van der Waals surface area contributed by atoms with Gasteiger partial charge in [-0.15, -0.1) is 0 Å². The molecule has 0 aliphatic rings. The van der Waals surface area contributed by atoms with Gasteiger partial charge in [0.15, 0.2) is 11.5 Å². The third kappa shape index (κ3) is 2.35. The van der Waals surface area contributed by atoms with Gasteiger partial charge in [0.2, 0.25) is 0 Å². The molecule has 2 heterocycles. The van der Waals surface area contributed by atoms with Crippen LogP contribution in [0.1, 0.15) is 26.7 Å². The molecule has 2 aromatic heterocycles. The molecule has 2 amide bonds. The lowest BCUT2D eigenvalue weighted by molar-refractivity contribution is 0.0943. The fourth-order valence-corrected chi connectivity index (χ4v) is 1.31. The Labute approximate surface area is 101 Å². The average Bonchev–Trinajstić information content (AvgIpc) is 2.98. The summed E-state index contributed by atoms with van der Waals surface area (Å²) in [5.74, 6) is 4.18. The lowest BCUT2D eigenvalue weighted by Crippen LogP contribution is -2.30. The molecule has 0 radical (unpaired) electrons. The number of hydrogen-bond acceptors (Lipinski definition) is 6. The molecular formula is C9H10N6O3. The number of aromatic nitrogens is 3. The van der Waals surface area contributed by atoms with E-state index in [0.717, 1.165) is 0 Å². The molecule has 18 heavy (non-hydrogen) atoms. The zero-order chi connectivity index (χ0) is 13.1. The van der Waals surface area contributed by atoms with E-state index in [0.29, 0.717) is 5.76 Å². The van der Waals surface area contributed by atoms with E-state index in [-0.39, 0.29) is 17.9 Å². The average molecular weight is 250 g/mol.